The second-order valence-corrected chi connectivity index (χ2v) is 11.6. The van der Waals surface area contributed by atoms with Crippen molar-refractivity contribution in [2.75, 3.05) is 11.9 Å². The van der Waals surface area contributed by atoms with Crippen LogP contribution in [0.25, 0.3) is 22.3 Å². The number of hydrogen-bond acceptors (Lipinski definition) is 7. The van der Waals surface area contributed by atoms with Crippen LogP contribution in [0, 0.1) is 35.3 Å². The fraction of sp³-hybridized carbons (Fsp3) is 0.269. The number of anilines is 1. The smallest absolute Gasteiger partial charge is 0.269 e. The van der Waals surface area contributed by atoms with Gasteiger partial charge in [-0.3, -0.25) is 0 Å². The van der Waals surface area contributed by atoms with Gasteiger partial charge < -0.3 is 10.4 Å². The molecule has 192 valence electrons. The van der Waals surface area contributed by atoms with Crippen molar-refractivity contribution >= 4 is 26.9 Å². The molecule has 0 fully saturated rings. The molecule has 2 N–H and O–H groups in total. The van der Waals surface area contributed by atoms with Gasteiger partial charge in [0.1, 0.15) is 11.9 Å². The highest BCUT2D eigenvalue weighted by molar-refractivity contribution is 7.90. The summed E-state index contributed by atoms with van der Waals surface area (Å²) in [6, 6.07) is 9.52. The Balaban J connectivity index is 1.97. The first kappa shape index (κ1) is 26.2. The van der Waals surface area contributed by atoms with E-state index in [9.17, 15) is 27.6 Å². The highest BCUT2D eigenvalue weighted by atomic mass is 32.2. The molecule has 0 aliphatic carbocycles. The molecule has 3 aromatic heterocycles. The van der Waals surface area contributed by atoms with E-state index in [0.717, 1.165) is 27.9 Å². The summed E-state index contributed by atoms with van der Waals surface area (Å²) in [4.78, 5) is 8.28. The van der Waals surface area contributed by atoms with E-state index in [2.05, 4.69) is 15.3 Å². The molecule has 0 aliphatic rings. The molecule has 0 saturated heterocycles. The van der Waals surface area contributed by atoms with Gasteiger partial charge in [0.15, 0.2) is 17.3 Å². The fourth-order valence-corrected chi connectivity index (χ4v) is 5.16. The van der Waals surface area contributed by atoms with Gasteiger partial charge >= 0.3 is 0 Å². The summed E-state index contributed by atoms with van der Waals surface area (Å²) >= 11 is 0. The van der Waals surface area contributed by atoms with Gasteiger partial charge in [-0.05, 0) is 36.6 Å². The summed E-state index contributed by atoms with van der Waals surface area (Å²) in [5, 5.41) is 22.5. The molecule has 0 saturated carbocycles. The van der Waals surface area contributed by atoms with Crippen LogP contribution in [-0.2, 0) is 10.0 Å². The van der Waals surface area contributed by atoms with Crippen molar-refractivity contribution < 1.29 is 22.3 Å². The van der Waals surface area contributed by atoms with E-state index in [1.54, 1.807) is 12.1 Å². The van der Waals surface area contributed by atoms with E-state index in [1.807, 2.05) is 33.8 Å². The topological polar surface area (TPSA) is 121 Å². The second kappa shape index (κ2) is 9.53. The van der Waals surface area contributed by atoms with Crippen LogP contribution in [0.3, 0.4) is 0 Å². The number of aliphatic hydroxyl groups is 1. The SMILES string of the molecule is Cc1ccc(S(=O)(=O)n2cc(-c3nc(NC(CO)C(C)(C)C)c(F)cc3C#N)c3cc(F)cnc32)cc1. The first-order chi connectivity index (χ1) is 17.4. The van der Waals surface area contributed by atoms with Gasteiger partial charge in [-0.2, -0.15) is 5.26 Å². The van der Waals surface area contributed by atoms with Gasteiger partial charge in [-0.15, -0.1) is 0 Å². The van der Waals surface area contributed by atoms with Crippen LogP contribution >= 0.6 is 0 Å². The fourth-order valence-electron chi connectivity index (χ4n) is 3.83. The van der Waals surface area contributed by atoms with Gasteiger partial charge in [0.25, 0.3) is 10.0 Å². The zero-order chi connectivity index (χ0) is 27.1. The molecule has 8 nitrogen and oxygen atoms in total. The standard InChI is InChI=1S/C26H25F2N5O3S/c1-15-5-7-18(8-6-15)37(35,36)33-13-20(19-10-17(27)12-30-25(19)33)23-16(11-29)9-21(28)24(32-23)31-22(14-34)26(2,3)4/h5-10,12-13,22,34H,14H2,1-4H3,(H,31,32). The van der Waals surface area contributed by atoms with E-state index < -0.39 is 33.1 Å². The number of benzene rings is 1. The van der Waals surface area contributed by atoms with E-state index >= 15 is 0 Å². The first-order valence-electron chi connectivity index (χ1n) is 11.3. The Kier molecular flexibility index (Phi) is 6.75. The molecule has 0 spiro atoms. The number of halogens is 2. The minimum atomic E-state index is -4.16. The lowest BCUT2D eigenvalue weighted by Gasteiger charge is -2.30. The Morgan fingerprint density at radius 3 is 2.46 bits per heavy atom. The third-order valence-corrected chi connectivity index (χ3v) is 7.71. The van der Waals surface area contributed by atoms with Crippen molar-refractivity contribution in [1.82, 2.24) is 13.9 Å². The normalized spacial score (nSPS) is 12.9. The maximum absolute atomic E-state index is 14.9. The minimum Gasteiger partial charge on any atom is -0.394 e. The van der Waals surface area contributed by atoms with Crippen LogP contribution in [-0.4, -0.2) is 40.1 Å². The van der Waals surface area contributed by atoms with Crippen LogP contribution in [0.5, 0.6) is 0 Å². The number of aromatic nitrogens is 3. The summed E-state index contributed by atoms with van der Waals surface area (Å²) in [7, 11) is -4.16. The van der Waals surface area contributed by atoms with Gasteiger partial charge in [0, 0.05) is 17.1 Å². The average Bonchev–Trinajstić information content (AvgIpc) is 3.21. The molecular formula is C26H25F2N5O3S. The number of pyridine rings is 2. The maximum atomic E-state index is 14.9. The molecule has 0 amide bonds. The summed E-state index contributed by atoms with van der Waals surface area (Å²) in [5.41, 5.74) is 0.144. The predicted octanol–water partition coefficient (Wildman–Crippen LogP) is 4.61. The Bertz CT molecular complexity index is 1640. The molecule has 1 aromatic carbocycles. The van der Waals surface area contributed by atoms with Gasteiger partial charge in [-0.1, -0.05) is 38.5 Å². The summed E-state index contributed by atoms with van der Waals surface area (Å²) in [6.45, 7) is 7.05. The first-order valence-corrected chi connectivity index (χ1v) is 12.8. The summed E-state index contributed by atoms with van der Waals surface area (Å²) < 4.78 is 57.1. The van der Waals surface area contributed by atoms with Crippen LogP contribution in [0.2, 0.25) is 0 Å². The molecule has 4 rings (SSSR count). The molecule has 1 unspecified atom stereocenters. The molecule has 1 atom stereocenters. The molecule has 11 heteroatoms. The van der Waals surface area contributed by atoms with Crippen LogP contribution in [0.15, 0.2) is 53.7 Å². The van der Waals surface area contributed by atoms with Crippen molar-refractivity contribution in [1.29, 1.82) is 5.26 Å². The van der Waals surface area contributed by atoms with Crippen molar-refractivity contribution in [2.24, 2.45) is 5.41 Å². The minimum absolute atomic E-state index is 0.0152. The molecule has 4 aromatic rings. The zero-order valence-corrected chi connectivity index (χ0v) is 21.4. The lowest BCUT2D eigenvalue weighted by molar-refractivity contribution is 0.201. The molecule has 0 aliphatic heterocycles. The van der Waals surface area contributed by atoms with Gasteiger partial charge in [0.2, 0.25) is 0 Å². The largest absolute Gasteiger partial charge is 0.394 e. The zero-order valence-electron chi connectivity index (χ0n) is 20.6. The van der Waals surface area contributed by atoms with E-state index in [1.165, 1.54) is 18.3 Å². The van der Waals surface area contributed by atoms with Crippen molar-refractivity contribution in [3.63, 3.8) is 0 Å². The lowest BCUT2D eigenvalue weighted by atomic mass is 9.87. The highest BCUT2D eigenvalue weighted by Crippen LogP contribution is 2.35. The number of nitrogens with one attached hydrogen (secondary N) is 1. The van der Waals surface area contributed by atoms with Crippen molar-refractivity contribution in [3.05, 3.63) is 71.6 Å². The summed E-state index contributed by atoms with van der Waals surface area (Å²) in [5.74, 6) is -1.80. The third-order valence-electron chi connectivity index (χ3n) is 6.05. The van der Waals surface area contributed by atoms with Crippen LogP contribution < -0.4 is 5.32 Å². The van der Waals surface area contributed by atoms with Crippen molar-refractivity contribution in [2.45, 2.75) is 38.6 Å². The Morgan fingerprint density at radius 1 is 1.19 bits per heavy atom. The number of nitrogens with zero attached hydrogens (tertiary/aromatic N) is 4. The quantitative estimate of drug-likeness (QED) is 0.377. The molecule has 37 heavy (non-hydrogen) atoms. The maximum Gasteiger partial charge on any atom is 0.269 e. The Hall–Kier alpha value is -3.88. The number of nitriles is 1. The number of rotatable bonds is 6. The Morgan fingerprint density at radius 2 is 1.86 bits per heavy atom. The van der Waals surface area contributed by atoms with E-state index in [4.69, 9.17) is 0 Å². The van der Waals surface area contributed by atoms with Gasteiger partial charge in [0.05, 0.1) is 35.0 Å². The van der Waals surface area contributed by atoms with E-state index in [-0.39, 0.29) is 45.2 Å². The van der Waals surface area contributed by atoms with Crippen molar-refractivity contribution in [3.8, 4) is 17.3 Å². The number of fused-ring (bicyclic) bond motifs is 1. The Labute approximate surface area is 213 Å². The molecule has 0 radical (unpaired) electrons. The summed E-state index contributed by atoms with van der Waals surface area (Å²) in [6.07, 6.45) is 2.09. The molecule has 0 bridgehead atoms. The third kappa shape index (κ3) is 4.90. The van der Waals surface area contributed by atoms with Crippen LogP contribution in [0.1, 0.15) is 31.9 Å². The van der Waals surface area contributed by atoms with Gasteiger partial charge in [-0.25, -0.2) is 31.1 Å². The molecular weight excluding hydrogens is 500 g/mol. The second-order valence-electron chi connectivity index (χ2n) is 9.75. The monoisotopic (exact) mass is 525 g/mol. The number of hydrogen-bond donors (Lipinski definition) is 2. The van der Waals surface area contributed by atoms with E-state index in [0.29, 0.717) is 0 Å². The lowest BCUT2D eigenvalue weighted by Crippen LogP contribution is -2.37. The molecule has 3 heterocycles. The average molecular weight is 526 g/mol. The number of aryl methyl sites for hydroxylation is 1. The number of aliphatic hydroxyl groups excluding tert-OH is 1. The van der Waals surface area contributed by atoms with Crippen LogP contribution in [0.4, 0.5) is 14.6 Å². The predicted molar refractivity (Wildman–Crippen MR) is 135 cm³/mol. The highest BCUT2D eigenvalue weighted by Gasteiger charge is 2.28.